The first-order valence-electron chi connectivity index (χ1n) is 4.32. The van der Waals surface area contributed by atoms with E-state index in [1.807, 2.05) is 0 Å². The quantitative estimate of drug-likeness (QED) is 0.532. The van der Waals surface area contributed by atoms with Crippen molar-refractivity contribution in [2.75, 3.05) is 13.6 Å². The van der Waals surface area contributed by atoms with Crippen LogP contribution in [0.25, 0.3) is 0 Å². The van der Waals surface area contributed by atoms with Crippen LogP contribution in [0.4, 0.5) is 0 Å². The van der Waals surface area contributed by atoms with Gasteiger partial charge in [-0.1, -0.05) is 0 Å². The molecule has 0 aromatic rings. The van der Waals surface area contributed by atoms with Crippen LogP contribution >= 0.6 is 0 Å². The van der Waals surface area contributed by atoms with Gasteiger partial charge in [-0.15, -0.1) is 0 Å². The highest BCUT2D eigenvalue weighted by atomic mass is 16.2. The molecule has 1 saturated heterocycles. The van der Waals surface area contributed by atoms with Crippen molar-refractivity contribution in [3.63, 3.8) is 0 Å². The van der Waals surface area contributed by atoms with E-state index < -0.39 is 6.04 Å². The zero-order valence-electron chi connectivity index (χ0n) is 7.91. The summed E-state index contributed by atoms with van der Waals surface area (Å²) in [6.45, 7) is 2.03. The number of amides is 2. The fourth-order valence-electron chi connectivity index (χ4n) is 1.65. The second kappa shape index (κ2) is 3.74. The van der Waals surface area contributed by atoms with Crippen LogP contribution in [-0.4, -0.2) is 42.4 Å². The molecule has 1 heterocycles. The first kappa shape index (κ1) is 9.98. The first-order valence-corrected chi connectivity index (χ1v) is 4.32. The van der Waals surface area contributed by atoms with Crippen LogP contribution in [0, 0.1) is 0 Å². The molecule has 0 saturated carbocycles. The zero-order valence-corrected chi connectivity index (χ0v) is 7.91. The maximum atomic E-state index is 11.4. The SMILES string of the molecule is CNC(=O)[C@@H]1[C@@H](N)CCN1C(C)=O. The number of carbonyl (C=O) groups is 2. The monoisotopic (exact) mass is 185 g/mol. The van der Waals surface area contributed by atoms with Gasteiger partial charge in [0.1, 0.15) is 6.04 Å². The molecule has 0 radical (unpaired) electrons. The van der Waals surface area contributed by atoms with Gasteiger partial charge in [0, 0.05) is 26.6 Å². The topological polar surface area (TPSA) is 75.4 Å². The Morgan fingerprint density at radius 1 is 1.54 bits per heavy atom. The summed E-state index contributed by atoms with van der Waals surface area (Å²) in [6, 6.07) is -0.716. The molecule has 74 valence electrons. The molecular formula is C8H15N3O2. The minimum Gasteiger partial charge on any atom is -0.357 e. The Balaban J connectivity index is 2.76. The maximum Gasteiger partial charge on any atom is 0.244 e. The van der Waals surface area contributed by atoms with Crippen molar-refractivity contribution in [3.05, 3.63) is 0 Å². The van der Waals surface area contributed by atoms with Gasteiger partial charge < -0.3 is 16.0 Å². The Morgan fingerprint density at radius 3 is 2.62 bits per heavy atom. The van der Waals surface area contributed by atoms with Gasteiger partial charge in [0.05, 0.1) is 0 Å². The van der Waals surface area contributed by atoms with Crippen LogP contribution < -0.4 is 11.1 Å². The van der Waals surface area contributed by atoms with E-state index in [1.54, 1.807) is 7.05 Å². The number of rotatable bonds is 1. The number of nitrogens with two attached hydrogens (primary N) is 1. The van der Waals surface area contributed by atoms with E-state index >= 15 is 0 Å². The summed E-state index contributed by atoms with van der Waals surface area (Å²) in [5, 5.41) is 2.51. The number of nitrogens with one attached hydrogen (secondary N) is 1. The first-order chi connectivity index (χ1) is 6.07. The summed E-state index contributed by atoms with van der Waals surface area (Å²) in [5.41, 5.74) is 5.73. The van der Waals surface area contributed by atoms with Crippen molar-refractivity contribution in [2.45, 2.75) is 25.4 Å². The minimum absolute atomic E-state index is 0.0958. The van der Waals surface area contributed by atoms with Gasteiger partial charge in [-0.3, -0.25) is 9.59 Å². The van der Waals surface area contributed by atoms with Gasteiger partial charge in [0.25, 0.3) is 0 Å². The van der Waals surface area contributed by atoms with Crippen molar-refractivity contribution >= 4 is 11.8 Å². The molecular weight excluding hydrogens is 170 g/mol. The third-order valence-electron chi connectivity index (χ3n) is 2.36. The molecule has 0 aromatic heterocycles. The second-order valence-corrected chi connectivity index (χ2v) is 3.22. The van der Waals surface area contributed by atoms with E-state index in [2.05, 4.69) is 5.32 Å². The normalized spacial score (nSPS) is 27.5. The van der Waals surface area contributed by atoms with E-state index in [9.17, 15) is 9.59 Å². The molecule has 13 heavy (non-hydrogen) atoms. The Hall–Kier alpha value is -1.10. The Labute approximate surface area is 77.3 Å². The van der Waals surface area contributed by atoms with Crippen LogP contribution in [-0.2, 0) is 9.59 Å². The smallest absolute Gasteiger partial charge is 0.244 e. The fourth-order valence-corrected chi connectivity index (χ4v) is 1.65. The Kier molecular flexibility index (Phi) is 2.87. The van der Waals surface area contributed by atoms with Crippen molar-refractivity contribution in [1.82, 2.24) is 10.2 Å². The highest BCUT2D eigenvalue weighted by Crippen LogP contribution is 2.16. The molecule has 5 heteroatoms. The van der Waals surface area contributed by atoms with E-state index in [0.29, 0.717) is 13.0 Å². The van der Waals surface area contributed by atoms with Crippen molar-refractivity contribution in [1.29, 1.82) is 0 Å². The van der Waals surface area contributed by atoms with Gasteiger partial charge in [-0.25, -0.2) is 0 Å². The van der Waals surface area contributed by atoms with Gasteiger partial charge in [0.15, 0.2) is 0 Å². The molecule has 3 N–H and O–H groups in total. The number of likely N-dealkylation sites (tertiary alicyclic amines) is 1. The predicted octanol–water partition coefficient (Wildman–Crippen LogP) is -1.32. The number of likely N-dealkylation sites (N-methyl/N-ethyl adjacent to an activating group) is 1. The third-order valence-corrected chi connectivity index (χ3v) is 2.36. The molecule has 2 amide bonds. The average molecular weight is 185 g/mol. The zero-order chi connectivity index (χ0) is 10.0. The predicted molar refractivity (Wildman–Crippen MR) is 47.8 cm³/mol. The lowest BCUT2D eigenvalue weighted by Crippen LogP contribution is -2.51. The van der Waals surface area contributed by atoms with Gasteiger partial charge in [-0.05, 0) is 6.42 Å². The number of carbonyl (C=O) groups excluding carboxylic acids is 2. The summed E-state index contributed by atoms with van der Waals surface area (Å²) in [5.74, 6) is -0.276. The molecule has 0 spiro atoms. The van der Waals surface area contributed by atoms with Gasteiger partial charge in [0.2, 0.25) is 11.8 Å². The number of nitrogens with zero attached hydrogens (tertiary/aromatic N) is 1. The molecule has 1 aliphatic rings. The third kappa shape index (κ3) is 1.80. The summed E-state index contributed by atoms with van der Waals surface area (Å²) >= 11 is 0. The Bertz CT molecular complexity index is 229. The lowest BCUT2D eigenvalue weighted by atomic mass is 10.1. The summed E-state index contributed by atoms with van der Waals surface area (Å²) in [7, 11) is 1.55. The summed E-state index contributed by atoms with van der Waals surface area (Å²) in [4.78, 5) is 24.0. The van der Waals surface area contributed by atoms with Gasteiger partial charge >= 0.3 is 0 Å². The number of hydrogen-bond acceptors (Lipinski definition) is 3. The maximum absolute atomic E-state index is 11.4. The summed E-state index contributed by atoms with van der Waals surface area (Å²) in [6.07, 6.45) is 0.692. The molecule has 0 aliphatic carbocycles. The highest BCUT2D eigenvalue weighted by Gasteiger charge is 2.37. The van der Waals surface area contributed by atoms with Crippen molar-refractivity contribution in [3.8, 4) is 0 Å². The van der Waals surface area contributed by atoms with Gasteiger partial charge in [-0.2, -0.15) is 0 Å². The molecule has 5 nitrogen and oxygen atoms in total. The molecule has 0 unspecified atom stereocenters. The van der Waals surface area contributed by atoms with Crippen LogP contribution in [0.15, 0.2) is 0 Å². The highest BCUT2D eigenvalue weighted by molar-refractivity contribution is 5.88. The van der Waals surface area contributed by atoms with Crippen molar-refractivity contribution < 1.29 is 9.59 Å². The Morgan fingerprint density at radius 2 is 2.15 bits per heavy atom. The van der Waals surface area contributed by atoms with Crippen LogP contribution in [0.2, 0.25) is 0 Å². The molecule has 2 atom stereocenters. The van der Waals surface area contributed by atoms with Crippen molar-refractivity contribution in [2.24, 2.45) is 5.73 Å². The lowest BCUT2D eigenvalue weighted by molar-refractivity contribution is -0.136. The van der Waals surface area contributed by atoms with E-state index in [-0.39, 0.29) is 17.9 Å². The second-order valence-electron chi connectivity index (χ2n) is 3.22. The molecule has 1 aliphatic heterocycles. The largest absolute Gasteiger partial charge is 0.357 e. The van der Waals surface area contributed by atoms with E-state index in [4.69, 9.17) is 5.73 Å². The van der Waals surface area contributed by atoms with Crippen LogP contribution in [0.1, 0.15) is 13.3 Å². The van der Waals surface area contributed by atoms with E-state index in [1.165, 1.54) is 11.8 Å². The molecule has 1 fully saturated rings. The standard InChI is InChI=1S/C8H15N3O2/c1-5(12)11-4-3-6(9)7(11)8(13)10-2/h6-7H,3-4,9H2,1-2H3,(H,10,13)/t6-,7-/m0/s1. The lowest BCUT2D eigenvalue weighted by Gasteiger charge is -2.23. The average Bonchev–Trinajstić information content (AvgIpc) is 2.46. The molecule has 0 aromatic carbocycles. The van der Waals surface area contributed by atoms with Crippen LogP contribution in [0.5, 0.6) is 0 Å². The minimum atomic E-state index is -0.484. The number of hydrogen-bond donors (Lipinski definition) is 2. The fraction of sp³-hybridized carbons (Fsp3) is 0.750. The summed E-state index contributed by atoms with van der Waals surface area (Å²) < 4.78 is 0. The van der Waals surface area contributed by atoms with E-state index in [0.717, 1.165) is 0 Å². The molecule has 0 bridgehead atoms. The molecule has 1 rings (SSSR count). The van der Waals surface area contributed by atoms with Crippen LogP contribution in [0.3, 0.4) is 0 Å².